The molecule has 1 rings (SSSR count). The van der Waals surface area contributed by atoms with Gasteiger partial charge in [-0.05, 0) is 0 Å². The van der Waals surface area contributed by atoms with Crippen LogP contribution in [0.3, 0.4) is 0 Å². The Kier molecular flexibility index (Phi) is 3.86. The van der Waals surface area contributed by atoms with Gasteiger partial charge in [0.15, 0.2) is 5.15 Å². The van der Waals surface area contributed by atoms with E-state index in [1.807, 2.05) is 5.48 Å². The zero-order valence-corrected chi connectivity index (χ0v) is 9.37. The monoisotopic (exact) mass is 265 g/mol. The van der Waals surface area contributed by atoms with Gasteiger partial charge in [-0.2, -0.15) is 5.48 Å². The van der Waals surface area contributed by atoms with E-state index in [-0.39, 0.29) is 16.1 Å². The highest BCUT2D eigenvalue weighted by Gasteiger charge is 2.22. The van der Waals surface area contributed by atoms with Crippen LogP contribution in [0.5, 0.6) is 5.75 Å². The van der Waals surface area contributed by atoms with Crippen molar-refractivity contribution in [2.45, 2.75) is 6.92 Å². The van der Waals surface area contributed by atoms with Gasteiger partial charge in [0.25, 0.3) is 5.75 Å². The maximum Gasteiger partial charge on any atom is 0.320 e. The molecule has 86 valence electrons. The summed E-state index contributed by atoms with van der Waals surface area (Å²) in [6, 6.07) is 0.963. The number of amides is 1. The maximum absolute atomic E-state index is 10.6. The molecule has 0 aliphatic heterocycles. The molecule has 0 spiro atoms. The molecule has 0 aliphatic rings. The molecule has 1 amide bonds. The molecule has 0 aliphatic carbocycles. The van der Waals surface area contributed by atoms with Crippen molar-refractivity contribution in [3.63, 3.8) is 0 Å². The van der Waals surface area contributed by atoms with Crippen LogP contribution in [0.1, 0.15) is 6.92 Å². The summed E-state index contributed by atoms with van der Waals surface area (Å²) in [5.41, 5.74) is 1.42. The van der Waals surface area contributed by atoms with Crippen molar-refractivity contribution in [3.05, 3.63) is 26.5 Å². The predicted octanol–water partition coefficient (Wildman–Crippen LogP) is 1.73. The van der Waals surface area contributed by atoms with E-state index in [0.29, 0.717) is 0 Å². The number of hydrogen-bond donors (Lipinski definition) is 1. The molecule has 0 aromatic carbocycles. The Labute approximate surface area is 99.4 Å². The van der Waals surface area contributed by atoms with Crippen LogP contribution in [-0.4, -0.2) is 15.8 Å². The van der Waals surface area contributed by atoms with Crippen LogP contribution < -0.4 is 10.3 Å². The van der Waals surface area contributed by atoms with E-state index in [4.69, 9.17) is 23.2 Å². The second-order valence-electron chi connectivity index (χ2n) is 2.60. The van der Waals surface area contributed by atoms with Crippen molar-refractivity contribution < 1.29 is 14.6 Å². The van der Waals surface area contributed by atoms with Gasteiger partial charge in [0.1, 0.15) is 5.15 Å². The molecule has 1 heterocycles. The molecule has 0 saturated heterocycles. The van der Waals surface area contributed by atoms with Crippen LogP contribution >= 0.6 is 23.2 Å². The first-order chi connectivity index (χ1) is 7.41. The summed E-state index contributed by atoms with van der Waals surface area (Å²) in [6.45, 7) is 1.17. The number of rotatable bonds is 3. The van der Waals surface area contributed by atoms with E-state index in [2.05, 4.69) is 9.82 Å². The van der Waals surface area contributed by atoms with Crippen molar-refractivity contribution in [1.29, 1.82) is 0 Å². The lowest BCUT2D eigenvalue weighted by Crippen LogP contribution is -2.24. The van der Waals surface area contributed by atoms with Gasteiger partial charge in [0.05, 0.1) is 11.0 Å². The normalized spacial score (nSPS) is 9.69. The Hall–Kier alpha value is -1.60. The third kappa shape index (κ3) is 2.94. The lowest BCUT2D eigenvalue weighted by Gasteiger charge is -2.06. The summed E-state index contributed by atoms with van der Waals surface area (Å²) in [4.78, 5) is 28.7. The summed E-state index contributed by atoms with van der Waals surface area (Å²) in [7, 11) is 0. The van der Waals surface area contributed by atoms with Gasteiger partial charge in [-0.3, -0.25) is 14.9 Å². The van der Waals surface area contributed by atoms with E-state index in [1.54, 1.807) is 0 Å². The molecule has 0 radical (unpaired) electrons. The van der Waals surface area contributed by atoms with Crippen molar-refractivity contribution >= 4 is 34.8 Å². The first-order valence-corrected chi connectivity index (χ1v) is 4.61. The van der Waals surface area contributed by atoms with Crippen LogP contribution in [-0.2, 0) is 4.79 Å². The quantitative estimate of drug-likeness (QED) is 0.510. The average molecular weight is 266 g/mol. The zero-order chi connectivity index (χ0) is 12.3. The number of nitrogens with one attached hydrogen (secondary N) is 1. The number of aromatic nitrogens is 1. The predicted molar refractivity (Wildman–Crippen MR) is 55.4 cm³/mol. The van der Waals surface area contributed by atoms with Crippen LogP contribution in [0.2, 0.25) is 10.3 Å². The topological polar surface area (TPSA) is 94.4 Å². The van der Waals surface area contributed by atoms with E-state index < -0.39 is 16.5 Å². The number of nitro groups is 1. The molecule has 9 heteroatoms. The van der Waals surface area contributed by atoms with Gasteiger partial charge >= 0.3 is 5.69 Å². The van der Waals surface area contributed by atoms with E-state index in [1.165, 1.54) is 6.92 Å². The van der Waals surface area contributed by atoms with Crippen molar-refractivity contribution in [1.82, 2.24) is 10.5 Å². The fourth-order valence-electron chi connectivity index (χ4n) is 0.814. The second kappa shape index (κ2) is 4.95. The van der Waals surface area contributed by atoms with Crippen molar-refractivity contribution in [2.24, 2.45) is 0 Å². The number of hydroxylamine groups is 1. The fourth-order valence-corrected chi connectivity index (χ4v) is 1.27. The van der Waals surface area contributed by atoms with Crippen molar-refractivity contribution in [3.8, 4) is 5.75 Å². The Morgan fingerprint density at radius 1 is 1.62 bits per heavy atom. The molecule has 1 N–H and O–H groups in total. The van der Waals surface area contributed by atoms with Gasteiger partial charge in [-0.25, -0.2) is 4.98 Å². The number of carbonyl (C=O) groups is 1. The second-order valence-corrected chi connectivity index (χ2v) is 3.35. The van der Waals surface area contributed by atoms with Gasteiger partial charge in [-0.15, -0.1) is 0 Å². The Bertz CT molecular complexity index is 452. The van der Waals surface area contributed by atoms with E-state index in [9.17, 15) is 14.9 Å². The van der Waals surface area contributed by atoms with Crippen LogP contribution in [0.15, 0.2) is 6.07 Å². The minimum Gasteiger partial charge on any atom is -0.369 e. The molecule has 1 aromatic heterocycles. The molecule has 0 fully saturated rings. The first kappa shape index (κ1) is 12.5. The summed E-state index contributed by atoms with van der Waals surface area (Å²) in [5, 5.41) is 10.2. The van der Waals surface area contributed by atoms with Crippen molar-refractivity contribution in [2.75, 3.05) is 0 Å². The SMILES string of the molecule is CC(=O)NOc1c([N+](=O)[O-])cc(Cl)nc1Cl. The molecule has 1 aromatic rings. The summed E-state index contributed by atoms with van der Waals surface area (Å²) < 4.78 is 0. The summed E-state index contributed by atoms with van der Waals surface area (Å²) in [6.07, 6.45) is 0. The molecular formula is C7H5Cl2N3O4. The number of nitrogens with zero attached hydrogens (tertiary/aromatic N) is 2. The van der Waals surface area contributed by atoms with E-state index >= 15 is 0 Å². The van der Waals surface area contributed by atoms with Crippen LogP contribution in [0.25, 0.3) is 0 Å². The largest absolute Gasteiger partial charge is 0.369 e. The lowest BCUT2D eigenvalue weighted by molar-refractivity contribution is -0.386. The maximum atomic E-state index is 10.6. The number of hydrogen-bond acceptors (Lipinski definition) is 5. The lowest BCUT2D eigenvalue weighted by atomic mass is 10.4. The molecule has 0 bridgehead atoms. The van der Waals surface area contributed by atoms with Gasteiger partial charge in [0, 0.05) is 6.92 Å². The number of pyridine rings is 1. The van der Waals surface area contributed by atoms with Crippen LogP contribution in [0, 0.1) is 10.1 Å². The molecular weight excluding hydrogens is 261 g/mol. The van der Waals surface area contributed by atoms with Gasteiger partial charge in [0.2, 0.25) is 5.91 Å². The Morgan fingerprint density at radius 3 is 2.75 bits per heavy atom. The minimum atomic E-state index is -0.753. The average Bonchev–Trinajstić information content (AvgIpc) is 2.14. The van der Waals surface area contributed by atoms with Crippen LogP contribution in [0.4, 0.5) is 5.69 Å². The number of carbonyl (C=O) groups excluding carboxylic acids is 1. The highest BCUT2D eigenvalue weighted by molar-refractivity contribution is 6.33. The number of halogens is 2. The standard InChI is InChI=1S/C7H5Cl2N3O4/c1-3(13)11-16-6-4(12(14)15)2-5(8)10-7(6)9/h2H,1H3,(H,11,13). The third-order valence-corrected chi connectivity index (χ3v) is 1.82. The highest BCUT2D eigenvalue weighted by Crippen LogP contribution is 2.34. The molecule has 0 atom stereocenters. The van der Waals surface area contributed by atoms with Gasteiger partial charge < -0.3 is 4.84 Å². The smallest absolute Gasteiger partial charge is 0.320 e. The molecule has 16 heavy (non-hydrogen) atoms. The molecule has 0 unspecified atom stereocenters. The first-order valence-electron chi connectivity index (χ1n) is 3.85. The Balaban J connectivity index is 3.14. The summed E-state index contributed by atoms with van der Waals surface area (Å²) in [5.74, 6) is -0.911. The molecule has 0 saturated carbocycles. The third-order valence-electron chi connectivity index (χ3n) is 1.37. The minimum absolute atomic E-state index is 0.146. The van der Waals surface area contributed by atoms with E-state index in [0.717, 1.165) is 6.07 Å². The zero-order valence-electron chi connectivity index (χ0n) is 7.86. The molecule has 7 nitrogen and oxygen atoms in total. The Morgan fingerprint density at radius 2 is 2.25 bits per heavy atom. The highest BCUT2D eigenvalue weighted by atomic mass is 35.5. The van der Waals surface area contributed by atoms with Gasteiger partial charge in [-0.1, -0.05) is 23.2 Å². The summed E-state index contributed by atoms with van der Waals surface area (Å²) >= 11 is 11.1. The fraction of sp³-hybridized carbons (Fsp3) is 0.143.